The molecule has 2 amide bonds. The van der Waals surface area contributed by atoms with Gasteiger partial charge in [-0.3, -0.25) is 4.79 Å². The number of alkyl carbamates (subject to hydrolysis) is 1. The van der Waals surface area contributed by atoms with Gasteiger partial charge in [-0.2, -0.15) is 0 Å². The van der Waals surface area contributed by atoms with Crippen LogP contribution in [0.2, 0.25) is 0 Å². The van der Waals surface area contributed by atoms with Crippen molar-refractivity contribution in [3.05, 3.63) is 95.6 Å². The number of aliphatic carboxylic acids is 1. The molecule has 1 aliphatic carbocycles. The van der Waals surface area contributed by atoms with Crippen LogP contribution in [0.4, 0.5) is 4.79 Å². The van der Waals surface area contributed by atoms with Crippen LogP contribution in [0.1, 0.15) is 56.7 Å². The predicted octanol–water partition coefficient (Wildman–Crippen LogP) is 5.50. The lowest BCUT2D eigenvalue weighted by Gasteiger charge is -2.28. The third kappa shape index (κ3) is 7.73. The van der Waals surface area contributed by atoms with E-state index < -0.39 is 36.2 Å². The third-order valence-corrected chi connectivity index (χ3v) is 7.16. The predicted molar refractivity (Wildman–Crippen MR) is 156 cm³/mol. The highest BCUT2D eigenvalue weighted by Gasteiger charge is 2.34. The van der Waals surface area contributed by atoms with Gasteiger partial charge in [-0.25, -0.2) is 9.59 Å². The number of carbonyl (C=O) groups is 3. The number of carboxylic acid groups (broad SMARTS) is 1. The second-order valence-electron chi connectivity index (χ2n) is 11.6. The molecule has 0 bridgehead atoms. The first-order chi connectivity index (χ1) is 19.5. The van der Waals surface area contributed by atoms with Crippen LogP contribution in [-0.2, 0) is 25.7 Å². The Bertz CT molecular complexity index is 1320. The Morgan fingerprint density at radius 3 is 1.98 bits per heavy atom. The lowest BCUT2D eigenvalue weighted by Crippen LogP contribution is -2.56. The second kappa shape index (κ2) is 13.0. The van der Waals surface area contributed by atoms with Gasteiger partial charge in [0.1, 0.15) is 12.6 Å². The molecule has 4 rings (SSSR count). The molecule has 8 heteroatoms. The van der Waals surface area contributed by atoms with Gasteiger partial charge in [-0.15, -0.1) is 0 Å². The van der Waals surface area contributed by atoms with E-state index in [0.717, 1.165) is 27.8 Å². The van der Waals surface area contributed by atoms with Gasteiger partial charge >= 0.3 is 12.1 Å². The molecule has 0 radical (unpaired) electrons. The van der Waals surface area contributed by atoms with Crippen molar-refractivity contribution in [2.75, 3.05) is 6.61 Å². The molecule has 0 aliphatic heterocycles. The van der Waals surface area contributed by atoms with Crippen LogP contribution < -0.4 is 10.6 Å². The van der Waals surface area contributed by atoms with Crippen molar-refractivity contribution in [1.29, 1.82) is 0 Å². The van der Waals surface area contributed by atoms with Gasteiger partial charge in [0, 0.05) is 5.92 Å². The molecule has 216 valence electrons. The zero-order valence-corrected chi connectivity index (χ0v) is 23.9. The van der Waals surface area contributed by atoms with Crippen LogP contribution in [0.15, 0.2) is 78.9 Å². The summed E-state index contributed by atoms with van der Waals surface area (Å²) in [6, 6.07) is 23.1. The summed E-state index contributed by atoms with van der Waals surface area (Å²) in [5, 5.41) is 15.1. The van der Waals surface area contributed by atoms with E-state index in [1.807, 2.05) is 87.5 Å². The topological polar surface area (TPSA) is 114 Å². The molecule has 0 fully saturated rings. The van der Waals surface area contributed by atoms with Gasteiger partial charge in [-0.1, -0.05) is 99.6 Å². The van der Waals surface area contributed by atoms with E-state index in [4.69, 9.17) is 9.47 Å². The molecule has 1 aliphatic rings. The maximum absolute atomic E-state index is 13.3. The summed E-state index contributed by atoms with van der Waals surface area (Å²) in [4.78, 5) is 38.4. The van der Waals surface area contributed by atoms with Crippen LogP contribution in [-0.4, -0.2) is 47.9 Å². The lowest BCUT2D eigenvalue weighted by atomic mass is 9.87. The molecule has 41 heavy (non-hydrogen) atoms. The van der Waals surface area contributed by atoms with Gasteiger partial charge in [0.2, 0.25) is 5.91 Å². The molecule has 0 heterocycles. The van der Waals surface area contributed by atoms with Crippen molar-refractivity contribution in [3.63, 3.8) is 0 Å². The summed E-state index contributed by atoms with van der Waals surface area (Å²) in [6.07, 6.45) is -1.29. The molecular weight excluding hydrogens is 520 g/mol. The molecule has 3 unspecified atom stereocenters. The number of carboxylic acids is 1. The highest BCUT2D eigenvalue weighted by molar-refractivity contribution is 5.89. The Balaban J connectivity index is 1.40. The Morgan fingerprint density at radius 1 is 0.854 bits per heavy atom. The van der Waals surface area contributed by atoms with Crippen LogP contribution in [0.3, 0.4) is 0 Å². The maximum atomic E-state index is 13.3. The fourth-order valence-electron chi connectivity index (χ4n) is 5.14. The van der Waals surface area contributed by atoms with E-state index in [9.17, 15) is 19.5 Å². The number of nitrogens with one attached hydrogen (secondary N) is 2. The van der Waals surface area contributed by atoms with Crippen molar-refractivity contribution in [2.45, 2.75) is 64.8 Å². The average Bonchev–Trinajstić information content (AvgIpc) is 3.26. The number of hydrogen-bond acceptors (Lipinski definition) is 5. The Kier molecular flexibility index (Phi) is 9.45. The van der Waals surface area contributed by atoms with Crippen LogP contribution in [0.5, 0.6) is 0 Å². The minimum absolute atomic E-state index is 0.103. The number of carbonyl (C=O) groups excluding carboxylic acids is 2. The van der Waals surface area contributed by atoms with E-state index in [2.05, 4.69) is 22.8 Å². The third-order valence-electron chi connectivity index (χ3n) is 7.16. The first-order valence-corrected chi connectivity index (χ1v) is 13.8. The summed E-state index contributed by atoms with van der Waals surface area (Å²) in [6.45, 7) is 7.71. The molecule has 3 aromatic carbocycles. The highest BCUT2D eigenvalue weighted by Crippen LogP contribution is 2.44. The molecule has 0 spiro atoms. The summed E-state index contributed by atoms with van der Waals surface area (Å²) in [5.41, 5.74) is 4.94. The van der Waals surface area contributed by atoms with E-state index >= 15 is 0 Å². The number of benzene rings is 3. The monoisotopic (exact) mass is 558 g/mol. The molecule has 3 aromatic rings. The number of amides is 2. The smallest absolute Gasteiger partial charge is 0.407 e. The van der Waals surface area contributed by atoms with Crippen LogP contribution >= 0.6 is 0 Å². The summed E-state index contributed by atoms with van der Waals surface area (Å²) < 4.78 is 11.4. The zero-order valence-electron chi connectivity index (χ0n) is 23.9. The lowest BCUT2D eigenvalue weighted by molar-refractivity contribution is -0.147. The van der Waals surface area contributed by atoms with Gasteiger partial charge in [0.25, 0.3) is 0 Å². The molecular formula is C33H38N2O6. The van der Waals surface area contributed by atoms with E-state index in [1.54, 1.807) is 6.92 Å². The Labute approximate surface area is 241 Å². The van der Waals surface area contributed by atoms with E-state index in [1.165, 1.54) is 0 Å². The standard InChI is InChI=1S/C33H38N2O6/c1-21(40-19-22-12-6-5-7-13-22)29(31(37)38)35-30(36)28(18-33(2,3)4)34-32(39)41-20-27-25-16-10-8-14-23(25)24-15-9-11-17-26(24)27/h5-17,21,27-29H,18-20H2,1-4H3,(H,34,39)(H,35,36)(H,37,38). The fourth-order valence-corrected chi connectivity index (χ4v) is 5.14. The highest BCUT2D eigenvalue weighted by atomic mass is 16.5. The van der Waals surface area contributed by atoms with Gasteiger partial charge in [0.05, 0.1) is 12.7 Å². The van der Waals surface area contributed by atoms with Crippen molar-refractivity contribution in [3.8, 4) is 11.1 Å². The number of rotatable bonds is 11. The average molecular weight is 559 g/mol. The molecule has 3 N–H and O–H groups in total. The number of hydrogen-bond donors (Lipinski definition) is 3. The maximum Gasteiger partial charge on any atom is 0.407 e. The molecule has 0 saturated carbocycles. The molecule has 0 aromatic heterocycles. The first kappa shape index (κ1) is 29.8. The van der Waals surface area contributed by atoms with Crippen molar-refractivity contribution in [1.82, 2.24) is 10.6 Å². The molecule has 8 nitrogen and oxygen atoms in total. The summed E-state index contributed by atoms with van der Waals surface area (Å²) in [7, 11) is 0. The second-order valence-corrected chi connectivity index (χ2v) is 11.6. The van der Waals surface area contributed by atoms with E-state index in [0.29, 0.717) is 0 Å². The number of fused-ring (bicyclic) bond motifs is 3. The SMILES string of the molecule is CC(OCc1ccccc1)C(NC(=O)C(CC(C)(C)C)NC(=O)OCC1c2ccccc2-c2ccccc21)C(=O)O. The summed E-state index contributed by atoms with van der Waals surface area (Å²) >= 11 is 0. The largest absolute Gasteiger partial charge is 0.480 e. The van der Waals surface area contributed by atoms with Crippen molar-refractivity contribution in [2.24, 2.45) is 5.41 Å². The van der Waals surface area contributed by atoms with Gasteiger partial charge < -0.3 is 25.2 Å². The molecule has 0 saturated heterocycles. The summed E-state index contributed by atoms with van der Waals surface area (Å²) in [5.74, 6) is -1.97. The number of ether oxygens (including phenoxy) is 2. The normalized spacial score (nSPS) is 14.7. The quantitative estimate of drug-likeness (QED) is 0.286. The van der Waals surface area contributed by atoms with Crippen molar-refractivity contribution < 1.29 is 29.0 Å². The fraction of sp³-hybridized carbons (Fsp3) is 0.364. The van der Waals surface area contributed by atoms with Crippen molar-refractivity contribution >= 4 is 18.0 Å². The zero-order chi connectivity index (χ0) is 29.6. The van der Waals surface area contributed by atoms with Gasteiger partial charge in [-0.05, 0) is 46.6 Å². The first-order valence-electron chi connectivity index (χ1n) is 13.8. The van der Waals surface area contributed by atoms with Crippen LogP contribution in [0, 0.1) is 5.41 Å². The molecule has 3 atom stereocenters. The minimum Gasteiger partial charge on any atom is -0.480 e. The Hall–Kier alpha value is -4.17. The van der Waals surface area contributed by atoms with E-state index in [-0.39, 0.29) is 31.0 Å². The minimum atomic E-state index is -1.31. The van der Waals surface area contributed by atoms with Gasteiger partial charge in [0.15, 0.2) is 6.04 Å². The van der Waals surface area contributed by atoms with Crippen LogP contribution in [0.25, 0.3) is 11.1 Å². The Morgan fingerprint density at radius 2 is 1.41 bits per heavy atom.